The zero-order valence-corrected chi connectivity index (χ0v) is 14.8. The Morgan fingerprint density at radius 1 is 0.962 bits per heavy atom. The molecule has 0 saturated heterocycles. The molecule has 0 bridgehead atoms. The van der Waals surface area contributed by atoms with Gasteiger partial charge in [-0.2, -0.15) is 0 Å². The molecule has 0 fully saturated rings. The molecule has 0 radical (unpaired) electrons. The molecule has 2 rings (SSSR count). The summed E-state index contributed by atoms with van der Waals surface area (Å²) in [6.45, 7) is -0.124. The maximum absolute atomic E-state index is 12.1. The van der Waals surface area contributed by atoms with Gasteiger partial charge in [0.25, 0.3) is 5.91 Å². The quantitative estimate of drug-likeness (QED) is 0.605. The lowest BCUT2D eigenvalue weighted by Gasteiger charge is -2.15. The summed E-state index contributed by atoms with van der Waals surface area (Å²) in [4.78, 5) is 23.2. The first-order chi connectivity index (χ1) is 12.4. The fourth-order valence-electron chi connectivity index (χ4n) is 2.30. The second kappa shape index (κ2) is 9.12. The molecule has 2 aromatic rings. The third-order valence-corrected chi connectivity index (χ3v) is 4.98. The van der Waals surface area contributed by atoms with Gasteiger partial charge in [-0.1, -0.05) is 48.5 Å². The van der Waals surface area contributed by atoms with Gasteiger partial charge in [-0.25, -0.2) is 13.1 Å². The van der Waals surface area contributed by atoms with Crippen molar-refractivity contribution < 1.29 is 23.1 Å². The van der Waals surface area contributed by atoms with Crippen LogP contribution in [0.25, 0.3) is 0 Å². The van der Waals surface area contributed by atoms with E-state index in [0.717, 1.165) is 0 Å². The maximum Gasteiger partial charge on any atom is 0.322 e. The zero-order valence-electron chi connectivity index (χ0n) is 14.0. The summed E-state index contributed by atoms with van der Waals surface area (Å²) >= 11 is 0. The molecule has 1 atom stereocenters. The molecule has 2 aromatic carbocycles. The van der Waals surface area contributed by atoms with E-state index in [0.29, 0.717) is 11.1 Å². The van der Waals surface area contributed by atoms with Crippen LogP contribution in [0.5, 0.6) is 0 Å². The van der Waals surface area contributed by atoms with Crippen molar-refractivity contribution in [3.05, 3.63) is 71.8 Å². The summed E-state index contributed by atoms with van der Waals surface area (Å²) in [7, 11) is -3.87. The number of aliphatic carboxylic acids is 1. The van der Waals surface area contributed by atoms with Crippen LogP contribution in [0, 0.1) is 0 Å². The first-order valence-electron chi connectivity index (χ1n) is 7.97. The highest BCUT2D eigenvalue weighted by Gasteiger charge is 2.24. The van der Waals surface area contributed by atoms with Gasteiger partial charge in [-0.15, -0.1) is 0 Å². The number of nitrogens with one attached hydrogen (secondary N) is 2. The average molecular weight is 376 g/mol. The second-order valence-corrected chi connectivity index (χ2v) is 7.51. The Balaban J connectivity index is 1.89. The number of benzene rings is 2. The Kier molecular flexibility index (Phi) is 6.88. The number of hydrogen-bond acceptors (Lipinski definition) is 4. The summed E-state index contributed by atoms with van der Waals surface area (Å²) in [6.07, 6.45) is 0.0335. The van der Waals surface area contributed by atoms with E-state index in [-0.39, 0.29) is 18.9 Å². The van der Waals surface area contributed by atoms with Crippen molar-refractivity contribution in [3.8, 4) is 0 Å². The summed E-state index contributed by atoms with van der Waals surface area (Å²) in [5.41, 5.74) is 1.13. The van der Waals surface area contributed by atoms with Gasteiger partial charge < -0.3 is 10.4 Å². The van der Waals surface area contributed by atoms with E-state index in [1.54, 1.807) is 60.7 Å². The first kappa shape index (κ1) is 19.6. The van der Waals surface area contributed by atoms with Gasteiger partial charge in [0, 0.05) is 12.1 Å². The lowest BCUT2D eigenvalue weighted by molar-refractivity contribution is -0.138. The van der Waals surface area contributed by atoms with Crippen molar-refractivity contribution in [3.63, 3.8) is 0 Å². The molecule has 0 saturated carbocycles. The van der Waals surface area contributed by atoms with Crippen LogP contribution in [-0.2, 0) is 21.2 Å². The molecule has 26 heavy (non-hydrogen) atoms. The zero-order chi connectivity index (χ0) is 19.0. The Morgan fingerprint density at radius 3 is 2.12 bits per heavy atom. The van der Waals surface area contributed by atoms with Gasteiger partial charge in [0.15, 0.2) is 0 Å². The number of carbonyl (C=O) groups is 2. The van der Waals surface area contributed by atoms with Gasteiger partial charge in [0.05, 0.1) is 5.75 Å². The van der Waals surface area contributed by atoms with Crippen molar-refractivity contribution in [2.24, 2.45) is 0 Å². The highest BCUT2D eigenvalue weighted by molar-refractivity contribution is 7.89. The van der Waals surface area contributed by atoms with Crippen LogP contribution in [0.1, 0.15) is 15.9 Å². The number of rotatable bonds is 9. The summed E-state index contributed by atoms with van der Waals surface area (Å²) in [5, 5.41) is 11.8. The topological polar surface area (TPSA) is 113 Å². The molecule has 0 spiro atoms. The molecule has 0 heterocycles. The molecule has 3 N–H and O–H groups in total. The van der Waals surface area contributed by atoms with Gasteiger partial charge in [-0.05, 0) is 24.1 Å². The monoisotopic (exact) mass is 376 g/mol. The first-order valence-corrected chi connectivity index (χ1v) is 9.62. The molecular weight excluding hydrogens is 356 g/mol. The third-order valence-electron chi connectivity index (χ3n) is 3.59. The molecular formula is C18H20N2O5S. The molecule has 0 unspecified atom stereocenters. The van der Waals surface area contributed by atoms with Crippen molar-refractivity contribution in [2.45, 2.75) is 12.5 Å². The van der Waals surface area contributed by atoms with E-state index in [1.807, 2.05) is 0 Å². The Bertz CT molecular complexity index is 838. The summed E-state index contributed by atoms with van der Waals surface area (Å²) in [5.74, 6) is -2.06. The number of carbonyl (C=O) groups excluding carboxylic acids is 1. The van der Waals surface area contributed by atoms with Gasteiger partial charge >= 0.3 is 5.97 Å². The Morgan fingerprint density at radius 2 is 1.54 bits per heavy atom. The van der Waals surface area contributed by atoms with E-state index in [1.165, 1.54) is 0 Å². The van der Waals surface area contributed by atoms with E-state index in [9.17, 15) is 23.1 Å². The third kappa shape index (κ3) is 6.30. The molecule has 1 amide bonds. The van der Waals surface area contributed by atoms with E-state index < -0.39 is 27.8 Å². The lowest BCUT2D eigenvalue weighted by Crippen LogP contribution is -2.44. The fourth-order valence-corrected chi connectivity index (χ4v) is 3.40. The van der Waals surface area contributed by atoms with Crippen LogP contribution < -0.4 is 10.0 Å². The average Bonchev–Trinajstić information content (AvgIpc) is 2.62. The van der Waals surface area contributed by atoms with E-state index >= 15 is 0 Å². The second-order valence-electron chi connectivity index (χ2n) is 5.64. The number of carboxylic acids is 1. The highest BCUT2D eigenvalue weighted by Crippen LogP contribution is 2.05. The molecule has 0 aromatic heterocycles. The standard InChI is InChI=1S/C18H20N2O5S/c21-17(15-9-5-2-6-10-15)19-11-12-26(24,25)20-16(18(22)23)13-14-7-3-1-4-8-14/h1-10,16,20H,11-13H2,(H,19,21)(H,22,23)/t16-/m0/s1. The van der Waals surface area contributed by atoms with Crippen LogP contribution >= 0.6 is 0 Å². The minimum Gasteiger partial charge on any atom is -0.480 e. The van der Waals surface area contributed by atoms with Crippen molar-refractivity contribution in [2.75, 3.05) is 12.3 Å². The van der Waals surface area contributed by atoms with Crippen LogP contribution in [0.15, 0.2) is 60.7 Å². The predicted molar refractivity (Wildman–Crippen MR) is 97.3 cm³/mol. The summed E-state index contributed by atoms with van der Waals surface area (Å²) < 4.78 is 26.4. The minimum absolute atomic E-state index is 0.0335. The molecule has 8 heteroatoms. The van der Waals surface area contributed by atoms with E-state index in [2.05, 4.69) is 10.0 Å². The fraction of sp³-hybridized carbons (Fsp3) is 0.222. The number of sulfonamides is 1. The normalized spacial score (nSPS) is 12.3. The lowest BCUT2D eigenvalue weighted by atomic mass is 10.1. The largest absolute Gasteiger partial charge is 0.480 e. The number of amides is 1. The minimum atomic E-state index is -3.87. The highest BCUT2D eigenvalue weighted by atomic mass is 32.2. The van der Waals surface area contributed by atoms with Crippen molar-refractivity contribution >= 4 is 21.9 Å². The van der Waals surface area contributed by atoms with Crippen molar-refractivity contribution in [1.82, 2.24) is 10.0 Å². The van der Waals surface area contributed by atoms with Gasteiger partial charge in [0.1, 0.15) is 6.04 Å². The molecule has 0 aliphatic heterocycles. The Labute approximate surface area is 152 Å². The smallest absolute Gasteiger partial charge is 0.322 e. The molecule has 138 valence electrons. The van der Waals surface area contributed by atoms with Crippen LogP contribution in [0.4, 0.5) is 0 Å². The predicted octanol–water partition coefficient (Wildman–Crippen LogP) is 1.03. The number of hydrogen-bond donors (Lipinski definition) is 3. The maximum atomic E-state index is 12.1. The number of carboxylic acid groups (broad SMARTS) is 1. The molecule has 7 nitrogen and oxygen atoms in total. The summed E-state index contributed by atoms with van der Waals surface area (Å²) in [6, 6.07) is 15.9. The van der Waals surface area contributed by atoms with E-state index in [4.69, 9.17) is 0 Å². The Hall–Kier alpha value is -2.71. The van der Waals surface area contributed by atoms with Crippen LogP contribution in [-0.4, -0.2) is 43.7 Å². The van der Waals surface area contributed by atoms with Crippen LogP contribution in [0.3, 0.4) is 0 Å². The van der Waals surface area contributed by atoms with Crippen LogP contribution in [0.2, 0.25) is 0 Å². The van der Waals surface area contributed by atoms with Gasteiger partial charge in [-0.3, -0.25) is 9.59 Å². The van der Waals surface area contributed by atoms with Crippen molar-refractivity contribution in [1.29, 1.82) is 0 Å². The van der Waals surface area contributed by atoms with Gasteiger partial charge in [0.2, 0.25) is 10.0 Å². The molecule has 0 aliphatic rings. The SMILES string of the molecule is O=C(NCCS(=O)(=O)N[C@@H](Cc1ccccc1)C(=O)O)c1ccccc1. The molecule has 0 aliphatic carbocycles.